The van der Waals surface area contributed by atoms with Crippen molar-refractivity contribution in [2.75, 3.05) is 31.9 Å². The van der Waals surface area contributed by atoms with Gasteiger partial charge in [0.25, 0.3) is 5.91 Å². The smallest absolute Gasteiger partial charge is 0.280 e. The van der Waals surface area contributed by atoms with Crippen LogP contribution in [0.3, 0.4) is 0 Å². The lowest BCUT2D eigenvalue weighted by Gasteiger charge is -2.34. The third-order valence-electron chi connectivity index (χ3n) is 3.38. The molecule has 112 valence electrons. The van der Waals surface area contributed by atoms with Crippen LogP contribution in [0.2, 0.25) is 4.34 Å². The van der Waals surface area contributed by atoms with Gasteiger partial charge in [0, 0.05) is 37.6 Å². The van der Waals surface area contributed by atoms with Gasteiger partial charge in [0.05, 0.1) is 4.34 Å². The van der Waals surface area contributed by atoms with Crippen molar-refractivity contribution >= 4 is 34.7 Å². The molecule has 2 aromatic rings. The van der Waals surface area contributed by atoms with Gasteiger partial charge in [0.1, 0.15) is 0 Å². The van der Waals surface area contributed by atoms with Crippen LogP contribution in [0.4, 0.5) is 5.82 Å². The van der Waals surface area contributed by atoms with E-state index in [0.717, 1.165) is 24.0 Å². The van der Waals surface area contributed by atoms with Gasteiger partial charge in [0.2, 0.25) is 11.5 Å². The van der Waals surface area contributed by atoms with E-state index in [0.29, 0.717) is 13.1 Å². The van der Waals surface area contributed by atoms with E-state index in [1.807, 2.05) is 12.1 Å². The molecule has 2 N–H and O–H groups in total. The lowest BCUT2D eigenvalue weighted by Crippen LogP contribution is -2.48. The number of nitrogens with two attached hydrogens (primary N) is 1. The SMILES string of the molecule is Nc1nonc1C(=O)N1CCN(Cc2ccc(Cl)s2)CC1. The zero-order valence-corrected chi connectivity index (χ0v) is 12.7. The predicted molar refractivity (Wildman–Crippen MR) is 79.2 cm³/mol. The van der Waals surface area contributed by atoms with Gasteiger partial charge in [-0.25, -0.2) is 4.63 Å². The van der Waals surface area contributed by atoms with E-state index < -0.39 is 0 Å². The second-order valence-electron chi connectivity index (χ2n) is 4.77. The number of carbonyl (C=O) groups is 1. The van der Waals surface area contributed by atoms with Crippen LogP contribution in [0.5, 0.6) is 0 Å². The molecule has 9 heteroatoms. The molecule has 1 saturated heterocycles. The molecule has 21 heavy (non-hydrogen) atoms. The standard InChI is InChI=1S/C12H14ClN5O2S/c13-9-2-1-8(21-9)7-17-3-5-18(6-4-17)12(19)10-11(14)16-20-15-10/h1-2H,3-7H2,(H2,14,16). The number of anilines is 1. The fourth-order valence-corrected chi connectivity index (χ4v) is 3.39. The van der Waals surface area contributed by atoms with Crippen molar-refractivity contribution in [1.29, 1.82) is 0 Å². The summed E-state index contributed by atoms with van der Waals surface area (Å²) in [7, 11) is 0. The molecule has 7 nitrogen and oxygen atoms in total. The Morgan fingerprint density at radius 1 is 1.33 bits per heavy atom. The van der Waals surface area contributed by atoms with E-state index >= 15 is 0 Å². The molecule has 1 fully saturated rings. The van der Waals surface area contributed by atoms with Crippen molar-refractivity contribution in [1.82, 2.24) is 20.1 Å². The molecule has 3 heterocycles. The molecule has 0 spiro atoms. The van der Waals surface area contributed by atoms with E-state index in [2.05, 4.69) is 19.8 Å². The summed E-state index contributed by atoms with van der Waals surface area (Å²) in [5.41, 5.74) is 5.63. The van der Waals surface area contributed by atoms with E-state index in [4.69, 9.17) is 17.3 Å². The second kappa shape index (κ2) is 6.00. The minimum Gasteiger partial charge on any atom is -0.379 e. The average Bonchev–Trinajstić information content (AvgIpc) is 3.08. The van der Waals surface area contributed by atoms with Crippen molar-refractivity contribution in [3.05, 3.63) is 27.0 Å². The predicted octanol–water partition coefficient (Wildman–Crippen LogP) is 1.32. The highest BCUT2D eigenvalue weighted by molar-refractivity contribution is 7.16. The Hall–Kier alpha value is -1.64. The molecular formula is C12H14ClN5O2S. The number of piperazine rings is 1. The van der Waals surface area contributed by atoms with Crippen LogP contribution < -0.4 is 5.73 Å². The summed E-state index contributed by atoms with van der Waals surface area (Å²) in [6.45, 7) is 3.71. The van der Waals surface area contributed by atoms with Gasteiger partial charge in [0.15, 0.2) is 0 Å². The number of aromatic nitrogens is 2. The van der Waals surface area contributed by atoms with Gasteiger partial charge >= 0.3 is 0 Å². The largest absolute Gasteiger partial charge is 0.379 e. The molecular weight excluding hydrogens is 314 g/mol. The lowest BCUT2D eigenvalue weighted by molar-refractivity contribution is 0.0620. The molecule has 0 saturated carbocycles. The van der Waals surface area contributed by atoms with Gasteiger partial charge in [-0.3, -0.25) is 9.69 Å². The van der Waals surface area contributed by atoms with Crippen LogP contribution >= 0.6 is 22.9 Å². The number of hydrogen-bond donors (Lipinski definition) is 1. The van der Waals surface area contributed by atoms with Crippen LogP contribution in [0.25, 0.3) is 0 Å². The van der Waals surface area contributed by atoms with Gasteiger partial charge in [-0.15, -0.1) is 11.3 Å². The summed E-state index contributed by atoms with van der Waals surface area (Å²) in [5.74, 6) is -0.191. The fourth-order valence-electron chi connectivity index (χ4n) is 2.26. The highest BCUT2D eigenvalue weighted by Gasteiger charge is 2.26. The molecule has 0 unspecified atom stereocenters. The number of halogens is 1. The fraction of sp³-hybridized carbons (Fsp3) is 0.417. The van der Waals surface area contributed by atoms with E-state index in [1.54, 1.807) is 16.2 Å². The minimum absolute atomic E-state index is 0.0376. The maximum Gasteiger partial charge on any atom is 0.280 e. The highest BCUT2D eigenvalue weighted by Crippen LogP contribution is 2.23. The summed E-state index contributed by atoms with van der Waals surface area (Å²) in [4.78, 5) is 17.4. The number of amides is 1. The third-order valence-corrected chi connectivity index (χ3v) is 4.60. The van der Waals surface area contributed by atoms with Crippen LogP contribution in [0, 0.1) is 0 Å². The summed E-state index contributed by atoms with van der Waals surface area (Å²) >= 11 is 7.51. The molecule has 0 bridgehead atoms. The quantitative estimate of drug-likeness (QED) is 0.914. The van der Waals surface area contributed by atoms with Crippen LogP contribution in [-0.4, -0.2) is 52.2 Å². The zero-order valence-electron chi connectivity index (χ0n) is 11.2. The van der Waals surface area contributed by atoms with Crippen LogP contribution in [-0.2, 0) is 6.54 Å². The van der Waals surface area contributed by atoms with Crippen LogP contribution in [0.15, 0.2) is 16.8 Å². The Morgan fingerprint density at radius 3 is 2.67 bits per heavy atom. The number of thiophene rings is 1. The summed E-state index contributed by atoms with van der Waals surface area (Å²) in [5, 5.41) is 6.98. The number of rotatable bonds is 3. The summed E-state index contributed by atoms with van der Waals surface area (Å²) < 4.78 is 5.26. The van der Waals surface area contributed by atoms with Gasteiger partial charge in [-0.05, 0) is 22.4 Å². The Balaban J connectivity index is 1.55. The highest BCUT2D eigenvalue weighted by atomic mass is 35.5. The lowest BCUT2D eigenvalue weighted by atomic mass is 10.2. The van der Waals surface area contributed by atoms with Crippen molar-refractivity contribution in [3.8, 4) is 0 Å². The topological polar surface area (TPSA) is 88.5 Å². The van der Waals surface area contributed by atoms with Crippen LogP contribution in [0.1, 0.15) is 15.4 Å². The molecule has 0 aromatic carbocycles. The van der Waals surface area contributed by atoms with Gasteiger partial charge in [-0.2, -0.15) is 0 Å². The van der Waals surface area contributed by atoms with Crippen molar-refractivity contribution in [2.24, 2.45) is 0 Å². The summed E-state index contributed by atoms with van der Waals surface area (Å²) in [6.07, 6.45) is 0. The zero-order chi connectivity index (χ0) is 14.8. The molecule has 0 atom stereocenters. The first kappa shape index (κ1) is 14.3. The number of hydrogen-bond acceptors (Lipinski definition) is 7. The minimum atomic E-state index is -0.229. The average molecular weight is 328 g/mol. The Kier molecular flexibility index (Phi) is 4.09. The summed E-state index contributed by atoms with van der Waals surface area (Å²) in [6, 6.07) is 3.94. The Bertz CT molecular complexity index is 635. The van der Waals surface area contributed by atoms with Gasteiger partial charge in [-0.1, -0.05) is 11.6 Å². The molecule has 1 aliphatic rings. The Morgan fingerprint density at radius 2 is 2.10 bits per heavy atom. The van der Waals surface area contributed by atoms with E-state index in [9.17, 15) is 4.79 Å². The first-order chi connectivity index (χ1) is 10.1. The van der Waals surface area contributed by atoms with Crippen molar-refractivity contribution in [2.45, 2.75) is 6.54 Å². The van der Waals surface area contributed by atoms with Crippen molar-refractivity contribution in [3.63, 3.8) is 0 Å². The third kappa shape index (κ3) is 3.17. The van der Waals surface area contributed by atoms with E-state index in [-0.39, 0.29) is 17.4 Å². The van der Waals surface area contributed by atoms with Crippen molar-refractivity contribution < 1.29 is 9.42 Å². The first-order valence-corrected chi connectivity index (χ1v) is 7.67. The molecule has 3 rings (SSSR count). The first-order valence-electron chi connectivity index (χ1n) is 6.47. The molecule has 1 aliphatic heterocycles. The number of nitrogens with zero attached hydrogens (tertiary/aromatic N) is 4. The molecule has 2 aromatic heterocycles. The monoisotopic (exact) mass is 327 g/mol. The number of carbonyl (C=O) groups excluding carboxylic acids is 1. The molecule has 1 amide bonds. The number of nitrogen functional groups attached to an aromatic ring is 1. The molecule has 0 aliphatic carbocycles. The van der Waals surface area contributed by atoms with E-state index in [1.165, 1.54) is 4.88 Å². The Labute approximate surface area is 130 Å². The second-order valence-corrected chi connectivity index (χ2v) is 6.57. The maximum absolute atomic E-state index is 12.2. The molecule has 0 radical (unpaired) electrons. The normalized spacial score (nSPS) is 16.3. The maximum atomic E-state index is 12.2. The van der Waals surface area contributed by atoms with Gasteiger partial charge < -0.3 is 10.6 Å².